The second kappa shape index (κ2) is 2.00. The molecule has 0 unspecified atom stereocenters. The zero-order valence-electron chi connectivity index (χ0n) is 5.84. The van der Waals surface area contributed by atoms with Gasteiger partial charge in [0, 0.05) is 6.07 Å². The first-order chi connectivity index (χ1) is 5.66. The van der Waals surface area contributed by atoms with E-state index in [0.717, 1.165) is 0 Å². The van der Waals surface area contributed by atoms with Crippen LogP contribution in [0.4, 0.5) is 0 Å². The van der Waals surface area contributed by atoms with Gasteiger partial charge in [-0.05, 0) is 0 Å². The number of imidazole rings is 1. The van der Waals surface area contributed by atoms with Gasteiger partial charge in [0.25, 0.3) is 5.56 Å². The summed E-state index contributed by atoms with van der Waals surface area (Å²) in [6.07, 6.45) is 0. The molecule has 0 aliphatic rings. The molecule has 0 fully saturated rings. The third kappa shape index (κ3) is 0.815. The molecule has 0 amide bonds. The van der Waals surface area contributed by atoms with E-state index in [2.05, 4.69) is 15.0 Å². The van der Waals surface area contributed by atoms with Gasteiger partial charge < -0.3 is 15.1 Å². The molecular weight excluding hydrogens is 162 g/mol. The molecule has 0 atom stereocenters. The number of fused-ring (bicyclic) bond motifs is 1. The Morgan fingerprint density at radius 1 is 1.17 bits per heavy atom. The van der Waals surface area contributed by atoms with Gasteiger partial charge in [0.15, 0.2) is 0 Å². The molecule has 0 saturated heterocycles. The molecule has 0 spiro atoms. The molecule has 0 bridgehead atoms. The maximum atomic E-state index is 10.8. The van der Waals surface area contributed by atoms with E-state index >= 15 is 0 Å². The minimum atomic E-state index is -0.463. The van der Waals surface area contributed by atoms with Gasteiger partial charge >= 0.3 is 5.69 Å². The number of aromatic amines is 3. The van der Waals surface area contributed by atoms with Gasteiger partial charge in [-0.2, -0.15) is 0 Å². The summed E-state index contributed by atoms with van der Waals surface area (Å²) in [6.45, 7) is 0. The van der Waals surface area contributed by atoms with Crippen molar-refractivity contribution < 1.29 is 5.11 Å². The standard InChI is InChI=1S/C6H5N3O3/c10-3-1-2-4(5(11)8-3)9-6(12)7-2/h1H,(H2,7,9,12)(H2,8,10,11). The Bertz CT molecular complexity index is 533. The lowest BCUT2D eigenvalue weighted by atomic mass is 10.4. The average molecular weight is 167 g/mol. The van der Waals surface area contributed by atoms with Crippen molar-refractivity contribution in [3.8, 4) is 5.88 Å². The number of nitrogens with one attached hydrogen (secondary N) is 3. The Balaban J connectivity index is 3.07. The number of H-pyrrole nitrogens is 3. The van der Waals surface area contributed by atoms with Crippen molar-refractivity contribution in [1.82, 2.24) is 15.0 Å². The molecule has 0 aromatic carbocycles. The summed E-state index contributed by atoms with van der Waals surface area (Å²) in [7, 11) is 0. The summed E-state index contributed by atoms with van der Waals surface area (Å²) >= 11 is 0. The summed E-state index contributed by atoms with van der Waals surface area (Å²) in [4.78, 5) is 28.3. The van der Waals surface area contributed by atoms with Crippen LogP contribution in [0.1, 0.15) is 0 Å². The van der Waals surface area contributed by atoms with E-state index in [0.29, 0.717) is 5.52 Å². The summed E-state index contributed by atoms with van der Waals surface area (Å²) in [5.74, 6) is -0.337. The topological polar surface area (TPSA) is 102 Å². The van der Waals surface area contributed by atoms with Gasteiger partial charge in [0.2, 0.25) is 5.88 Å². The molecular formula is C6H5N3O3. The molecule has 4 N–H and O–H groups in total. The molecule has 2 heterocycles. The zero-order chi connectivity index (χ0) is 8.72. The highest BCUT2D eigenvalue weighted by atomic mass is 16.3. The monoisotopic (exact) mass is 167 g/mol. The molecule has 2 rings (SSSR count). The van der Waals surface area contributed by atoms with Crippen LogP contribution in [0, 0.1) is 0 Å². The van der Waals surface area contributed by atoms with E-state index in [4.69, 9.17) is 5.11 Å². The first kappa shape index (κ1) is 6.71. The van der Waals surface area contributed by atoms with E-state index in [1.807, 2.05) is 0 Å². The SMILES string of the molecule is O=c1cc2[nH]c(=O)[nH]c2c(O)[nH]1. The van der Waals surface area contributed by atoms with Crippen LogP contribution < -0.4 is 11.2 Å². The normalized spacial score (nSPS) is 10.7. The van der Waals surface area contributed by atoms with E-state index < -0.39 is 11.2 Å². The Morgan fingerprint density at radius 2 is 1.92 bits per heavy atom. The van der Waals surface area contributed by atoms with Crippen molar-refractivity contribution in [3.05, 3.63) is 26.9 Å². The quantitative estimate of drug-likeness (QED) is 0.415. The molecule has 6 nitrogen and oxygen atoms in total. The number of hydrogen-bond acceptors (Lipinski definition) is 3. The van der Waals surface area contributed by atoms with Crippen LogP contribution in [0.15, 0.2) is 15.7 Å². The van der Waals surface area contributed by atoms with Gasteiger partial charge in [0.05, 0.1) is 5.52 Å². The Hall–Kier alpha value is -1.98. The number of pyridine rings is 1. The van der Waals surface area contributed by atoms with Crippen molar-refractivity contribution in [2.24, 2.45) is 0 Å². The molecule has 62 valence electrons. The van der Waals surface area contributed by atoms with Gasteiger partial charge in [0.1, 0.15) is 5.52 Å². The minimum absolute atomic E-state index is 0.208. The summed E-state index contributed by atoms with van der Waals surface area (Å²) in [5.41, 5.74) is -0.421. The maximum Gasteiger partial charge on any atom is 0.323 e. The van der Waals surface area contributed by atoms with Gasteiger partial charge in [-0.15, -0.1) is 0 Å². The fraction of sp³-hybridized carbons (Fsp3) is 0. The van der Waals surface area contributed by atoms with Gasteiger partial charge in [-0.3, -0.25) is 9.78 Å². The highest BCUT2D eigenvalue weighted by molar-refractivity contribution is 5.78. The maximum absolute atomic E-state index is 10.8. The highest BCUT2D eigenvalue weighted by Crippen LogP contribution is 2.12. The number of rotatable bonds is 0. The van der Waals surface area contributed by atoms with E-state index in [-0.39, 0.29) is 11.4 Å². The highest BCUT2D eigenvalue weighted by Gasteiger charge is 2.03. The molecule has 0 radical (unpaired) electrons. The Morgan fingerprint density at radius 3 is 2.67 bits per heavy atom. The van der Waals surface area contributed by atoms with Crippen LogP contribution in [-0.2, 0) is 0 Å². The fourth-order valence-electron chi connectivity index (χ4n) is 1.04. The van der Waals surface area contributed by atoms with Crippen molar-refractivity contribution in [3.63, 3.8) is 0 Å². The van der Waals surface area contributed by atoms with Crippen molar-refractivity contribution >= 4 is 11.0 Å². The van der Waals surface area contributed by atoms with Gasteiger partial charge in [-0.1, -0.05) is 0 Å². The summed E-state index contributed by atoms with van der Waals surface area (Å²) in [5, 5.41) is 9.12. The second-order valence-corrected chi connectivity index (χ2v) is 2.35. The first-order valence-corrected chi connectivity index (χ1v) is 3.21. The second-order valence-electron chi connectivity index (χ2n) is 2.35. The Labute approximate surface area is 64.9 Å². The van der Waals surface area contributed by atoms with Crippen LogP contribution in [0.2, 0.25) is 0 Å². The van der Waals surface area contributed by atoms with Crippen molar-refractivity contribution in [1.29, 1.82) is 0 Å². The molecule has 2 aromatic heterocycles. The molecule has 12 heavy (non-hydrogen) atoms. The van der Waals surface area contributed by atoms with E-state index in [1.165, 1.54) is 6.07 Å². The Kier molecular flexibility index (Phi) is 1.12. The van der Waals surface area contributed by atoms with Crippen LogP contribution >= 0.6 is 0 Å². The third-order valence-electron chi connectivity index (χ3n) is 1.51. The predicted molar refractivity (Wildman–Crippen MR) is 41.2 cm³/mol. The van der Waals surface area contributed by atoms with Crippen molar-refractivity contribution in [2.45, 2.75) is 0 Å². The summed E-state index contributed by atoms with van der Waals surface area (Å²) < 4.78 is 0. The lowest BCUT2D eigenvalue weighted by Gasteiger charge is -1.90. The summed E-state index contributed by atoms with van der Waals surface area (Å²) in [6, 6.07) is 1.19. The van der Waals surface area contributed by atoms with Crippen molar-refractivity contribution in [2.75, 3.05) is 0 Å². The predicted octanol–water partition coefficient (Wildman–Crippen LogP) is -0.750. The molecule has 0 aliphatic carbocycles. The first-order valence-electron chi connectivity index (χ1n) is 3.21. The number of aromatic nitrogens is 3. The number of aromatic hydroxyl groups is 1. The van der Waals surface area contributed by atoms with E-state index in [9.17, 15) is 9.59 Å². The lowest BCUT2D eigenvalue weighted by molar-refractivity contribution is 0.457. The number of hydrogen-bond donors (Lipinski definition) is 4. The van der Waals surface area contributed by atoms with Crippen LogP contribution in [0.25, 0.3) is 11.0 Å². The molecule has 6 heteroatoms. The van der Waals surface area contributed by atoms with Crippen LogP contribution in [0.5, 0.6) is 5.88 Å². The van der Waals surface area contributed by atoms with Crippen LogP contribution in [0.3, 0.4) is 0 Å². The molecule has 0 aliphatic heterocycles. The zero-order valence-corrected chi connectivity index (χ0v) is 5.84. The smallest absolute Gasteiger partial charge is 0.323 e. The van der Waals surface area contributed by atoms with E-state index in [1.54, 1.807) is 0 Å². The average Bonchev–Trinajstić information content (AvgIpc) is 2.29. The lowest BCUT2D eigenvalue weighted by Crippen LogP contribution is -2.02. The minimum Gasteiger partial charge on any atom is -0.493 e. The van der Waals surface area contributed by atoms with Gasteiger partial charge in [-0.25, -0.2) is 4.79 Å². The fourth-order valence-corrected chi connectivity index (χ4v) is 1.04. The largest absolute Gasteiger partial charge is 0.493 e. The third-order valence-corrected chi connectivity index (χ3v) is 1.51. The molecule has 2 aromatic rings. The van der Waals surface area contributed by atoms with Crippen LogP contribution in [-0.4, -0.2) is 20.1 Å². The molecule has 0 saturated carbocycles.